The van der Waals surface area contributed by atoms with Gasteiger partial charge in [-0.25, -0.2) is 32.8 Å². The molecule has 9 heteroatoms. The fraction of sp³-hybridized carbons (Fsp3) is 0.250. The minimum absolute atomic E-state index is 0.0534. The van der Waals surface area contributed by atoms with Crippen LogP contribution in [-0.4, -0.2) is 29.8 Å². The number of nitrogens with zero attached hydrogens (tertiary/aromatic N) is 5. The van der Waals surface area contributed by atoms with Gasteiger partial charge in [-0.15, -0.1) is 0 Å². The molecule has 0 aliphatic carbocycles. The van der Waals surface area contributed by atoms with Crippen LogP contribution in [0.5, 0.6) is 0 Å². The van der Waals surface area contributed by atoms with E-state index in [0.717, 1.165) is 24.7 Å². The minimum Gasteiger partial charge on any atom is -0.383 e. The second kappa shape index (κ2) is 6.60. The van der Waals surface area contributed by atoms with Crippen molar-refractivity contribution in [2.24, 2.45) is 0 Å². The molecule has 0 unspecified atom stereocenters. The van der Waals surface area contributed by atoms with Crippen molar-refractivity contribution in [1.29, 1.82) is 0 Å². The van der Waals surface area contributed by atoms with Gasteiger partial charge in [0, 0.05) is 5.92 Å². The standard InChI is InChI=1S/C16H14F3N5O/c1-10(15-14(19)5-20-7-22-15)16(25,6-24-9-21-8-23-24)11-2-3-12(17)13(18)4-11/h2-5,7-10,25H,6H2,1H3/t10-,16+/m0/s1. The molecule has 0 aliphatic heterocycles. The van der Waals surface area contributed by atoms with Crippen LogP contribution in [0.15, 0.2) is 43.4 Å². The van der Waals surface area contributed by atoms with Crippen molar-refractivity contribution < 1.29 is 18.3 Å². The zero-order valence-corrected chi connectivity index (χ0v) is 13.1. The second-order valence-electron chi connectivity index (χ2n) is 5.62. The van der Waals surface area contributed by atoms with Gasteiger partial charge in [0.25, 0.3) is 0 Å². The van der Waals surface area contributed by atoms with Crippen molar-refractivity contribution in [2.75, 3.05) is 0 Å². The highest BCUT2D eigenvalue weighted by Gasteiger charge is 2.40. The Morgan fingerprint density at radius 1 is 1.12 bits per heavy atom. The molecule has 130 valence electrons. The monoisotopic (exact) mass is 349 g/mol. The van der Waals surface area contributed by atoms with Gasteiger partial charge in [-0.3, -0.25) is 0 Å². The molecule has 6 nitrogen and oxygen atoms in total. The molecule has 0 radical (unpaired) electrons. The van der Waals surface area contributed by atoms with Gasteiger partial charge in [-0.2, -0.15) is 5.10 Å². The molecule has 0 saturated carbocycles. The molecule has 1 aromatic carbocycles. The fourth-order valence-corrected chi connectivity index (χ4v) is 2.67. The van der Waals surface area contributed by atoms with E-state index in [0.29, 0.717) is 0 Å². The maximum atomic E-state index is 14.1. The molecule has 2 aromatic heterocycles. The lowest BCUT2D eigenvalue weighted by molar-refractivity contribution is -0.0105. The van der Waals surface area contributed by atoms with Crippen LogP contribution in [0.4, 0.5) is 13.2 Å². The van der Waals surface area contributed by atoms with Crippen molar-refractivity contribution in [3.05, 3.63) is 72.1 Å². The molecule has 0 aliphatic rings. The molecule has 0 spiro atoms. The lowest BCUT2D eigenvalue weighted by Gasteiger charge is -2.34. The third-order valence-corrected chi connectivity index (χ3v) is 4.11. The number of rotatable bonds is 5. The van der Waals surface area contributed by atoms with Crippen LogP contribution >= 0.6 is 0 Å². The Morgan fingerprint density at radius 2 is 1.92 bits per heavy atom. The number of aliphatic hydroxyl groups is 1. The summed E-state index contributed by atoms with van der Waals surface area (Å²) in [6.07, 6.45) is 4.74. The first-order valence-electron chi connectivity index (χ1n) is 7.37. The number of hydrogen-bond donors (Lipinski definition) is 1. The van der Waals surface area contributed by atoms with Crippen LogP contribution in [0, 0.1) is 17.5 Å². The number of halogens is 3. The van der Waals surface area contributed by atoms with Gasteiger partial charge in [0.05, 0.1) is 18.4 Å². The van der Waals surface area contributed by atoms with E-state index in [4.69, 9.17) is 0 Å². The summed E-state index contributed by atoms with van der Waals surface area (Å²) in [5, 5.41) is 15.2. The van der Waals surface area contributed by atoms with Crippen LogP contribution in [0.3, 0.4) is 0 Å². The van der Waals surface area contributed by atoms with E-state index in [9.17, 15) is 18.3 Å². The van der Waals surface area contributed by atoms with Crippen LogP contribution in [0.2, 0.25) is 0 Å². The Bertz CT molecular complexity index is 874. The fourth-order valence-electron chi connectivity index (χ4n) is 2.67. The van der Waals surface area contributed by atoms with E-state index < -0.39 is 29.0 Å². The van der Waals surface area contributed by atoms with E-state index in [-0.39, 0.29) is 17.8 Å². The highest BCUT2D eigenvalue weighted by molar-refractivity contribution is 5.29. The smallest absolute Gasteiger partial charge is 0.163 e. The Labute approximate surface area is 141 Å². The van der Waals surface area contributed by atoms with Gasteiger partial charge in [0.15, 0.2) is 17.5 Å². The van der Waals surface area contributed by atoms with Gasteiger partial charge in [0.2, 0.25) is 0 Å². The van der Waals surface area contributed by atoms with Gasteiger partial charge in [-0.05, 0) is 17.7 Å². The Hall–Kier alpha value is -2.81. The highest BCUT2D eigenvalue weighted by atomic mass is 19.2. The molecule has 1 N–H and O–H groups in total. The van der Waals surface area contributed by atoms with Gasteiger partial charge in [-0.1, -0.05) is 13.0 Å². The largest absolute Gasteiger partial charge is 0.383 e. The average molecular weight is 349 g/mol. The molecular formula is C16H14F3N5O. The van der Waals surface area contributed by atoms with Crippen molar-refractivity contribution in [2.45, 2.75) is 25.0 Å². The van der Waals surface area contributed by atoms with Gasteiger partial charge in [0.1, 0.15) is 24.6 Å². The molecule has 0 saturated heterocycles. The van der Waals surface area contributed by atoms with E-state index in [1.54, 1.807) is 0 Å². The quantitative estimate of drug-likeness (QED) is 0.764. The molecule has 3 aromatic rings. The molecular weight excluding hydrogens is 335 g/mol. The van der Waals surface area contributed by atoms with Gasteiger partial charge >= 0.3 is 0 Å². The van der Waals surface area contributed by atoms with Crippen LogP contribution in [-0.2, 0) is 12.1 Å². The normalized spacial score (nSPS) is 14.9. The van der Waals surface area contributed by atoms with Crippen LogP contribution in [0.25, 0.3) is 0 Å². The SMILES string of the molecule is C[C@@H](c1ncncc1F)[C@](O)(Cn1cncn1)c1ccc(F)c(F)c1. The van der Waals surface area contributed by atoms with E-state index >= 15 is 0 Å². The number of benzene rings is 1. The topological polar surface area (TPSA) is 76.7 Å². The average Bonchev–Trinajstić information content (AvgIpc) is 3.09. The Kier molecular flexibility index (Phi) is 4.49. The van der Waals surface area contributed by atoms with Crippen molar-refractivity contribution in [3.63, 3.8) is 0 Å². The maximum Gasteiger partial charge on any atom is 0.163 e. The Balaban J connectivity index is 2.11. The lowest BCUT2D eigenvalue weighted by atomic mass is 9.80. The molecule has 25 heavy (non-hydrogen) atoms. The van der Waals surface area contributed by atoms with E-state index in [1.165, 1.54) is 30.3 Å². The lowest BCUT2D eigenvalue weighted by Crippen LogP contribution is -2.38. The highest BCUT2D eigenvalue weighted by Crippen LogP contribution is 2.38. The zero-order valence-electron chi connectivity index (χ0n) is 13.1. The molecule has 0 bridgehead atoms. The summed E-state index contributed by atoms with van der Waals surface area (Å²) in [6, 6.07) is 3.02. The Morgan fingerprint density at radius 3 is 2.56 bits per heavy atom. The first kappa shape index (κ1) is 17.0. The first-order valence-corrected chi connectivity index (χ1v) is 7.37. The van der Waals surface area contributed by atoms with Crippen molar-refractivity contribution in [3.8, 4) is 0 Å². The van der Waals surface area contributed by atoms with Gasteiger partial charge < -0.3 is 5.11 Å². The first-order chi connectivity index (χ1) is 11.9. The second-order valence-corrected chi connectivity index (χ2v) is 5.62. The molecule has 2 heterocycles. The zero-order chi connectivity index (χ0) is 18.0. The summed E-state index contributed by atoms with van der Waals surface area (Å²) in [4.78, 5) is 11.2. The van der Waals surface area contributed by atoms with Crippen LogP contribution in [0.1, 0.15) is 24.1 Å². The summed E-state index contributed by atoms with van der Waals surface area (Å²) in [7, 11) is 0. The van der Waals surface area contributed by atoms with Crippen molar-refractivity contribution >= 4 is 0 Å². The predicted octanol–water partition coefficient (Wildman–Crippen LogP) is 2.18. The predicted molar refractivity (Wildman–Crippen MR) is 80.7 cm³/mol. The van der Waals surface area contributed by atoms with E-state index in [2.05, 4.69) is 20.1 Å². The van der Waals surface area contributed by atoms with Crippen LogP contribution < -0.4 is 0 Å². The maximum absolute atomic E-state index is 14.1. The third kappa shape index (κ3) is 3.22. The minimum atomic E-state index is -1.82. The molecule has 2 atom stereocenters. The van der Waals surface area contributed by atoms with Crippen molar-refractivity contribution in [1.82, 2.24) is 24.7 Å². The molecule has 0 fully saturated rings. The third-order valence-electron chi connectivity index (χ3n) is 4.11. The summed E-state index contributed by atoms with van der Waals surface area (Å²) in [5.41, 5.74) is -1.81. The number of hydrogen-bond acceptors (Lipinski definition) is 5. The molecule has 3 rings (SSSR count). The summed E-state index contributed by atoms with van der Waals surface area (Å²) in [5.74, 6) is -3.79. The number of aromatic nitrogens is 5. The summed E-state index contributed by atoms with van der Waals surface area (Å²) >= 11 is 0. The van der Waals surface area contributed by atoms with E-state index in [1.807, 2.05) is 0 Å². The summed E-state index contributed by atoms with van der Waals surface area (Å²) in [6.45, 7) is 1.37. The summed E-state index contributed by atoms with van der Waals surface area (Å²) < 4.78 is 42.4. The molecule has 0 amide bonds.